The summed E-state index contributed by atoms with van der Waals surface area (Å²) >= 11 is 6.17. The largest absolute Gasteiger partial charge is 0.497 e. The van der Waals surface area contributed by atoms with Crippen molar-refractivity contribution in [2.75, 3.05) is 13.7 Å². The molecule has 20 heavy (non-hydrogen) atoms. The summed E-state index contributed by atoms with van der Waals surface area (Å²) < 4.78 is 5.15. The van der Waals surface area contributed by atoms with Crippen molar-refractivity contribution in [1.29, 1.82) is 0 Å². The Balaban J connectivity index is 2.03. The third kappa shape index (κ3) is 3.99. The van der Waals surface area contributed by atoms with Crippen LogP contribution in [0, 0.1) is 5.92 Å². The highest BCUT2D eigenvalue weighted by molar-refractivity contribution is 6.31. The average Bonchev–Trinajstić information content (AvgIpc) is 2.49. The molecule has 0 saturated carbocycles. The maximum absolute atomic E-state index is 9.57. The van der Waals surface area contributed by atoms with E-state index in [-0.39, 0.29) is 12.5 Å². The van der Waals surface area contributed by atoms with Crippen LogP contribution in [0.4, 0.5) is 0 Å². The molecular formula is C17H19ClO2. The van der Waals surface area contributed by atoms with Crippen molar-refractivity contribution in [3.8, 4) is 5.75 Å². The maximum Gasteiger partial charge on any atom is 0.118 e. The molecule has 0 aliphatic carbocycles. The molecule has 2 rings (SSSR count). The number of aliphatic hydroxyl groups excluding tert-OH is 1. The SMILES string of the molecule is COc1ccc(CC(CO)Cc2ccccc2Cl)cc1. The van der Waals surface area contributed by atoms with Crippen LogP contribution >= 0.6 is 11.6 Å². The molecule has 0 saturated heterocycles. The fourth-order valence-electron chi connectivity index (χ4n) is 2.27. The third-order valence-corrected chi connectivity index (χ3v) is 3.78. The molecule has 0 aliphatic heterocycles. The first-order chi connectivity index (χ1) is 9.72. The first kappa shape index (κ1) is 14.9. The summed E-state index contributed by atoms with van der Waals surface area (Å²) in [7, 11) is 1.66. The van der Waals surface area contributed by atoms with E-state index in [1.165, 1.54) is 5.56 Å². The minimum atomic E-state index is 0.150. The lowest BCUT2D eigenvalue weighted by molar-refractivity contribution is 0.225. The van der Waals surface area contributed by atoms with Gasteiger partial charge >= 0.3 is 0 Å². The highest BCUT2D eigenvalue weighted by Gasteiger charge is 2.11. The quantitative estimate of drug-likeness (QED) is 0.878. The molecule has 0 spiro atoms. The van der Waals surface area contributed by atoms with Gasteiger partial charge in [-0.05, 0) is 48.1 Å². The minimum absolute atomic E-state index is 0.150. The Hall–Kier alpha value is -1.51. The zero-order valence-electron chi connectivity index (χ0n) is 11.6. The molecule has 0 amide bonds. The predicted molar refractivity (Wildman–Crippen MR) is 82.4 cm³/mol. The number of benzene rings is 2. The Bertz CT molecular complexity index is 537. The van der Waals surface area contributed by atoms with Crippen LogP contribution in [0.3, 0.4) is 0 Å². The lowest BCUT2D eigenvalue weighted by atomic mass is 9.93. The van der Waals surface area contributed by atoms with Crippen molar-refractivity contribution < 1.29 is 9.84 Å². The van der Waals surface area contributed by atoms with Crippen molar-refractivity contribution in [3.05, 3.63) is 64.7 Å². The molecule has 0 radical (unpaired) electrons. The van der Waals surface area contributed by atoms with Gasteiger partial charge in [0.05, 0.1) is 7.11 Å². The zero-order chi connectivity index (χ0) is 14.4. The molecule has 1 N–H and O–H groups in total. The number of hydrogen-bond acceptors (Lipinski definition) is 2. The monoisotopic (exact) mass is 290 g/mol. The number of hydrogen-bond donors (Lipinski definition) is 1. The van der Waals surface area contributed by atoms with Gasteiger partial charge < -0.3 is 9.84 Å². The van der Waals surface area contributed by atoms with Gasteiger partial charge in [0.2, 0.25) is 0 Å². The Labute approximate surface area is 125 Å². The van der Waals surface area contributed by atoms with Gasteiger partial charge in [0, 0.05) is 11.6 Å². The molecule has 1 unspecified atom stereocenters. The van der Waals surface area contributed by atoms with Crippen LogP contribution in [0.1, 0.15) is 11.1 Å². The third-order valence-electron chi connectivity index (χ3n) is 3.41. The molecule has 0 aliphatic rings. The number of rotatable bonds is 6. The summed E-state index contributed by atoms with van der Waals surface area (Å²) in [6.07, 6.45) is 1.61. The molecule has 2 nitrogen and oxygen atoms in total. The first-order valence-electron chi connectivity index (χ1n) is 6.70. The molecule has 106 valence electrons. The van der Waals surface area contributed by atoms with Gasteiger partial charge in [-0.25, -0.2) is 0 Å². The second kappa shape index (κ2) is 7.32. The first-order valence-corrected chi connectivity index (χ1v) is 7.08. The van der Waals surface area contributed by atoms with E-state index < -0.39 is 0 Å². The van der Waals surface area contributed by atoms with Gasteiger partial charge in [-0.2, -0.15) is 0 Å². The number of halogens is 1. The van der Waals surface area contributed by atoms with Gasteiger partial charge in [0.25, 0.3) is 0 Å². The van der Waals surface area contributed by atoms with Crippen molar-refractivity contribution in [3.63, 3.8) is 0 Å². The minimum Gasteiger partial charge on any atom is -0.497 e. The molecule has 1 atom stereocenters. The fraction of sp³-hybridized carbons (Fsp3) is 0.294. The lowest BCUT2D eigenvalue weighted by Gasteiger charge is -2.15. The number of methoxy groups -OCH3 is 1. The Kier molecular flexibility index (Phi) is 5.45. The van der Waals surface area contributed by atoms with Gasteiger partial charge in [0.1, 0.15) is 5.75 Å². The summed E-state index contributed by atoms with van der Waals surface area (Å²) in [5.74, 6) is 1.02. The normalized spacial score (nSPS) is 12.2. The topological polar surface area (TPSA) is 29.5 Å². The Morgan fingerprint density at radius 2 is 1.75 bits per heavy atom. The van der Waals surface area contributed by atoms with E-state index >= 15 is 0 Å². The van der Waals surface area contributed by atoms with E-state index in [1.54, 1.807) is 7.11 Å². The second-order valence-electron chi connectivity index (χ2n) is 4.90. The molecule has 3 heteroatoms. The van der Waals surface area contributed by atoms with Crippen LogP contribution in [0.15, 0.2) is 48.5 Å². The highest BCUT2D eigenvalue weighted by Crippen LogP contribution is 2.21. The van der Waals surface area contributed by atoms with Gasteiger partial charge in [-0.1, -0.05) is 41.9 Å². The lowest BCUT2D eigenvalue weighted by Crippen LogP contribution is -2.13. The maximum atomic E-state index is 9.57. The molecule has 0 bridgehead atoms. The summed E-state index contributed by atoms with van der Waals surface area (Å²) in [4.78, 5) is 0. The van der Waals surface area contributed by atoms with E-state index in [0.29, 0.717) is 0 Å². The summed E-state index contributed by atoms with van der Waals surface area (Å²) in [5.41, 5.74) is 2.28. The Morgan fingerprint density at radius 3 is 2.35 bits per heavy atom. The van der Waals surface area contributed by atoms with Crippen molar-refractivity contribution >= 4 is 11.6 Å². The van der Waals surface area contributed by atoms with Crippen LogP contribution in [-0.4, -0.2) is 18.8 Å². The van der Waals surface area contributed by atoms with Gasteiger partial charge in [-0.3, -0.25) is 0 Å². The molecule has 0 heterocycles. The Morgan fingerprint density at radius 1 is 1.05 bits per heavy atom. The number of aliphatic hydroxyl groups is 1. The molecule has 2 aromatic carbocycles. The molecule has 0 aromatic heterocycles. The van der Waals surface area contributed by atoms with Crippen LogP contribution in [0.2, 0.25) is 5.02 Å². The van der Waals surface area contributed by atoms with E-state index in [4.69, 9.17) is 16.3 Å². The van der Waals surface area contributed by atoms with E-state index in [1.807, 2.05) is 48.5 Å². The van der Waals surface area contributed by atoms with Crippen molar-refractivity contribution in [1.82, 2.24) is 0 Å². The number of ether oxygens (including phenoxy) is 1. The van der Waals surface area contributed by atoms with E-state index in [0.717, 1.165) is 29.2 Å². The predicted octanol–water partition coefficient (Wildman–Crippen LogP) is 3.74. The summed E-state index contributed by atoms with van der Waals surface area (Å²) in [5, 5.41) is 10.3. The summed E-state index contributed by atoms with van der Waals surface area (Å²) in [6.45, 7) is 0.150. The van der Waals surface area contributed by atoms with E-state index in [2.05, 4.69) is 0 Å². The molecule has 0 fully saturated rings. The van der Waals surface area contributed by atoms with Crippen LogP contribution in [-0.2, 0) is 12.8 Å². The highest BCUT2D eigenvalue weighted by atomic mass is 35.5. The molecule has 2 aromatic rings. The van der Waals surface area contributed by atoms with Crippen LogP contribution in [0.5, 0.6) is 5.75 Å². The second-order valence-corrected chi connectivity index (χ2v) is 5.30. The fourth-order valence-corrected chi connectivity index (χ4v) is 2.48. The van der Waals surface area contributed by atoms with Crippen molar-refractivity contribution in [2.45, 2.75) is 12.8 Å². The van der Waals surface area contributed by atoms with E-state index in [9.17, 15) is 5.11 Å². The average molecular weight is 291 g/mol. The van der Waals surface area contributed by atoms with Crippen LogP contribution < -0.4 is 4.74 Å². The summed E-state index contributed by atoms with van der Waals surface area (Å²) in [6, 6.07) is 15.8. The van der Waals surface area contributed by atoms with Crippen LogP contribution in [0.25, 0.3) is 0 Å². The zero-order valence-corrected chi connectivity index (χ0v) is 12.3. The van der Waals surface area contributed by atoms with Crippen molar-refractivity contribution in [2.24, 2.45) is 5.92 Å². The van der Waals surface area contributed by atoms with Gasteiger partial charge in [0.15, 0.2) is 0 Å². The smallest absolute Gasteiger partial charge is 0.118 e. The molecular weight excluding hydrogens is 272 g/mol. The standard InChI is InChI=1S/C17H19ClO2/c1-20-16-8-6-13(7-9-16)10-14(12-19)11-15-4-2-3-5-17(15)18/h2-9,14,19H,10-12H2,1H3. The van der Waals surface area contributed by atoms with Gasteiger partial charge in [-0.15, -0.1) is 0 Å².